The summed E-state index contributed by atoms with van der Waals surface area (Å²) in [6.45, 7) is 0. The van der Waals surface area contributed by atoms with Crippen LogP contribution in [0.3, 0.4) is 0 Å². The molecule has 0 aliphatic heterocycles. The number of nitro benzene ring substituents is 1. The van der Waals surface area contributed by atoms with Crippen LogP contribution in [-0.2, 0) is 0 Å². The first-order chi connectivity index (χ1) is 14.5. The van der Waals surface area contributed by atoms with Crippen molar-refractivity contribution in [3.8, 4) is 0 Å². The number of hydrogen-bond acceptors (Lipinski definition) is 7. The summed E-state index contributed by atoms with van der Waals surface area (Å²) in [6.07, 6.45) is 1.54. The molecular weight excluding hydrogens is 446 g/mol. The molecular formula is C20H12ClN3O4S2. The second-order valence-electron chi connectivity index (χ2n) is 6.00. The number of furan rings is 1. The lowest BCUT2D eigenvalue weighted by Crippen LogP contribution is -2.16. The quantitative estimate of drug-likeness (QED) is 0.218. The largest absolute Gasteiger partial charge is 0.451 e. The molecule has 2 aromatic carbocycles. The van der Waals surface area contributed by atoms with Crippen molar-refractivity contribution < 1.29 is 14.1 Å². The predicted molar refractivity (Wildman–Crippen MR) is 118 cm³/mol. The average molecular weight is 458 g/mol. The number of halogens is 1. The van der Waals surface area contributed by atoms with E-state index in [0.717, 1.165) is 14.0 Å². The fourth-order valence-electron chi connectivity index (χ4n) is 2.54. The Morgan fingerprint density at radius 2 is 1.97 bits per heavy atom. The van der Waals surface area contributed by atoms with Crippen LogP contribution in [-0.4, -0.2) is 17.0 Å². The van der Waals surface area contributed by atoms with Gasteiger partial charge in [-0.2, -0.15) is 5.10 Å². The summed E-state index contributed by atoms with van der Waals surface area (Å²) in [5.74, 6) is -0.523. The lowest BCUT2D eigenvalue weighted by atomic mass is 10.2. The molecule has 2 heterocycles. The van der Waals surface area contributed by atoms with Gasteiger partial charge in [-0.25, -0.2) is 5.43 Å². The van der Waals surface area contributed by atoms with Crippen LogP contribution in [0.4, 0.5) is 5.69 Å². The number of rotatable bonds is 6. The molecule has 10 heteroatoms. The lowest BCUT2D eigenvalue weighted by molar-refractivity contribution is -0.384. The number of carbonyl (C=O) groups is 1. The van der Waals surface area contributed by atoms with Crippen molar-refractivity contribution in [2.24, 2.45) is 5.10 Å². The Bertz CT molecular complexity index is 1260. The van der Waals surface area contributed by atoms with Crippen molar-refractivity contribution in [3.63, 3.8) is 0 Å². The number of amides is 1. The summed E-state index contributed by atoms with van der Waals surface area (Å²) in [7, 11) is 0. The molecule has 0 radical (unpaired) electrons. The maximum Gasteiger partial charge on any atom is 0.307 e. The number of fused-ring (bicyclic) bond motifs is 1. The Kier molecular flexibility index (Phi) is 5.84. The third-order valence-electron chi connectivity index (χ3n) is 3.93. The summed E-state index contributed by atoms with van der Waals surface area (Å²) in [5, 5.41) is 16.0. The van der Waals surface area contributed by atoms with Crippen LogP contribution < -0.4 is 5.43 Å². The van der Waals surface area contributed by atoms with Gasteiger partial charge in [0.25, 0.3) is 5.69 Å². The van der Waals surface area contributed by atoms with Crippen LogP contribution in [0.25, 0.3) is 11.0 Å². The third-order valence-corrected chi connectivity index (χ3v) is 6.34. The first-order valence-corrected chi connectivity index (χ1v) is 10.5. The number of carbonyl (C=O) groups excluding carboxylic acids is 1. The number of thiophene rings is 1. The van der Waals surface area contributed by atoms with E-state index in [1.165, 1.54) is 35.6 Å². The van der Waals surface area contributed by atoms with E-state index in [-0.39, 0.29) is 11.4 Å². The van der Waals surface area contributed by atoms with Gasteiger partial charge in [0.15, 0.2) is 5.76 Å². The highest BCUT2D eigenvalue weighted by Gasteiger charge is 2.14. The van der Waals surface area contributed by atoms with E-state index in [1.54, 1.807) is 18.0 Å². The second-order valence-corrected chi connectivity index (χ2v) is 8.93. The van der Waals surface area contributed by atoms with Gasteiger partial charge in [0.1, 0.15) is 5.58 Å². The van der Waals surface area contributed by atoms with Gasteiger partial charge < -0.3 is 4.42 Å². The van der Waals surface area contributed by atoms with Crippen LogP contribution >= 0.6 is 34.7 Å². The van der Waals surface area contributed by atoms with Gasteiger partial charge in [0.2, 0.25) is 0 Å². The molecule has 2 aromatic heterocycles. The van der Waals surface area contributed by atoms with Gasteiger partial charge >= 0.3 is 5.91 Å². The minimum atomic E-state index is -0.544. The minimum absolute atomic E-state index is 0.0211. The molecule has 0 aliphatic carbocycles. The van der Waals surface area contributed by atoms with E-state index in [1.807, 2.05) is 36.4 Å². The highest BCUT2D eigenvalue weighted by Crippen LogP contribution is 2.33. The van der Waals surface area contributed by atoms with Crippen LogP contribution in [0.2, 0.25) is 5.02 Å². The highest BCUT2D eigenvalue weighted by molar-refractivity contribution is 8.01. The van der Waals surface area contributed by atoms with Gasteiger partial charge in [-0.1, -0.05) is 23.4 Å². The first kappa shape index (κ1) is 20.1. The fourth-order valence-corrected chi connectivity index (χ4v) is 4.66. The van der Waals surface area contributed by atoms with Crippen LogP contribution in [0.15, 0.2) is 79.3 Å². The molecule has 0 atom stereocenters. The molecule has 4 aromatic rings. The van der Waals surface area contributed by atoms with E-state index in [4.69, 9.17) is 16.0 Å². The number of non-ortho nitro benzene ring substituents is 1. The van der Waals surface area contributed by atoms with Crippen molar-refractivity contribution >= 4 is 63.5 Å². The maximum absolute atomic E-state index is 12.2. The van der Waals surface area contributed by atoms with Gasteiger partial charge in [-0.05, 0) is 48.5 Å². The van der Waals surface area contributed by atoms with Gasteiger partial charge in [0, 0.05) is 32.3 Å². The topological polar surface area (TPSA) is 97.7 Å². The Morgan fingerprint density at radius 3 is 2.73 bits per heavy atom. The SMILES string of the molecule is O=C(N/N=C\c1ccc(Sc2ccc(Cl)cc2)s1)c1cc2cc([N+](=O)[O-])ccc2o1. The molecule has 1 N–H and O–H groups in total. The molecule has 1 amide bonds. The van der Waals surface area contributed by atoms with Crippen molar-refractivity contribution in [1.29, 1.82) is 0 Å². The summed E-state index contributed by atoms with van der Waals surface area (Å²) in [4.78, 5) is 24.5. The zero-order chi connectivity index (χ0) is 21.1. The van der Waals surface area contributed by atoms with Crippen LogP contribution in [0, 0.1) is 10.1 Å². The van der Waals surface area contributed by atoms with Gasteiger partial charge in [-0.3, -0.25) is 14.9 Å². The summed E-state index contributed by atoms with van der Waals surface area (Å²) in [6, 6.07) is 17.0. The number of nitro groups is 1. The molecule has 0 saturated carbocycles. The summed E-state index contributed by atoms with van der Waals surface area (Å²) >= 11 is 9.03. The Hall–Kier alpha value is -3.14. The van der Waals surface area contributed by atoms with E-state index < -0.39 is 10.8 Å². The molecule has 0 unspecified atom stereocenters. The molecule has 30 heavy (non-hydrogen) atoms. The Labute approximate surface area is 183 Å². The molecule has 0 fully saturated rings. The number of hydrogen-bond donors (Lipinski definition) is 1. The van der Waals surface area contributed by atoms with Gasteiger partial charge in [-0.15, -0.1) is 11.3 Å². The summed E-state index contributed by atoms with van der Waals surface area (Å²) in [5.41, 5.74) is 2.71. The molecule has 150 valence electrons. The number of nitrogens with one attached hydrogen (secondary N) is 1. The van der Waals surface area contributed by atoms with Crippen molar-refractivity contribution in [2.75, 3.05) is 0 Å². The minimum Gasteiger partial charge on any atom is -0.451 e. The monoisotopic (exact) mass is 457 g/mol. The predicted octanol–water partition coefficient (Wildman–Crippen LogP) is 5.97. The molecule has 4 rings (SSSR count). The Balaban J connectivity index is 1.39. The van der Waals surface area contributed by atoms with Gasteiger partial charge in [0.05, 0.1) is 15.3 Å². The van der Waals surface area contributed by atoms with Crippen molar-refractivity contribution in [3.05, 3.63) is 86.4 Å². The van der Waals surface area contributed by atoms with E-state index in [0.29, 0.717) is 16.0 Å². The normalized spacial score (nSPS) is 11.2. The molecule has 0 aliphatic rings. The highest BCUT2D eigenvalue weighted by atomic mass is 35.5. The zero-order valence-electron chi connectivity index (χ0n) is 15.1. The maximum atomic E-state index is 12.2. The van der Waals surface area contributed by atoms with E-state index in [2.05, 4.69) is 10.5 Å². The first-order valence-electron chi connectivity index (χ1n) is 8.52. The number of hydrazone groups is 1. The lowest BCUT2D eigenvalue weighted by Gasteiger charge is -1.97. The zero-order valence-corrected chi connectivity index (χ0v) is 17.5. The van der Waals surface area contributed by atoms with Crippen molar-refractivity contribution in [1.82, 2.24) is 5.43 Å². The van der Waals surface area contributed by atoms with Crippen LogP contribution in [0.5, 0.6) is 0 Å². The second kappa shape index (κ2) is 8.70. The fraction of sp³-hybridized carbons (Fsp3) is 0. The molecule has 0 bridgehead atoms. The number of nitrogens with zero attached hydrogens (tertiary/aromatic N) is 2. The van der Waals surface area contributed by atoms with Crippen molar-refractivity contribution in [2.45, 2.75) is 9.10 Å². The third kappa shape index (κ3) is 4.70. The molecule has 0 spiro atoms. The van der Waals surface area contributed by atoms with E-state index >= 15 is 0 Å². The molecule has 7 nitrogen and oxygen atoms in total. The van der Waals surface area contributed by atoms with E-state index in [9.17, 15) is 14.9 Å². The summed E-state index contributed by atoms with van der Waals surface area (Å²) < 4.78 is 6.50. The molecule has 0 saturated heterocycles. The number of benzene rings is 2. The Morgan fingerprint density at radius 1 is 1.17 bits per heavy atom. The van der Waals surface area contributed by atoms with Crippen LogP contribution in [0.1, 0.15) is 15.4 Å². The average Bonchev–Trinajstić information content (AvgIpc) is 3.35. The smallest absolute Gasteiger partial charge is 0.307 e. The standard InChI is InChI=1S/C20H12ClN3O4S2/c21-13-1-4-15(5-2-13)29-19-8-6-16(30-19)11-22-23-20(25)18-10-12-9-14(24(26)27)3-7-17(12)28-18/h1-11H,(H,23,25)/b22-11-.